The predicted molar refractivity (Wildman–Crippen MR) is 44.6 cm³/mol. The van der Waals surface area contributed by atoms with Crippen LogP contribution in [0.5, 0.6) is 0 Å². The molecule has 1 aliphatic rings. The summed E-state index contributed by atoms with van der Waals surface area (Å²) in [5.74, 6) is -5.20. The van der Waals surface area contributed by atoms with E-state index in [-0.39, 0.29) is 6.61 Å². The fourth-order valence-corrected chi connectivity index (χ4v) is 1.05. The highest BCUT2D eigenvalue weighted by Gasteiger charge is 2.78. The van der Waals surface area contributed by atoms with E-state index in [1.165, 1.54) is 6.08 Å². The maximum absolute atomic E-state index is 12.7. The number of carbonyl (C=O) groups excluding carboxylic acids is 1. The number of aliphatic carboxylic acids is 1. The Morgan fingerprint density at radius 1 is 1.60 bits per heavy atom. The van der Waals surface area contributed by atoms with Gasteiger partial charge < -0.3 is 9.84 Å². The predicted octanol–water partition coefficient (Wildman–Crippen LogP) is 0.761. The van der Waals surface area contributed by atoms with E-state index in [0.29, 0.717) is 0 Å². The van der Waals surface area contributed by atoms with Crippen LogP contribution in [-0.2, 0) is 9.53 Å². The molecule has 0 heterocycles. The van der Waals surface area contributed by atoms with E-state index in [1.54, 1.807) is 5.32 Å². The minimum Gasteiger partial charge on any atom is -0.479 e. The Kier molecular flexibility index (Phi) is 2.65. The molecular formula is C8H9F2NO4. The van der Waals surface area contributed by atoms with Crippen LogP contribution in [0, 0.1) is 0 Å². The summed E-state index contributed by atoms with van der Waals surface area (Å²) in [6.07, 6.45) is -0.884. The molecule has 15 heavy (non-hydrogen) atoms. The SMILES string of the molecule is C=CCOC(=O)NC1(C(=O)O)CC1(F)F. The number of hydrogen-bond donors (Lipinski definition) is 2. The van der Waals surface area contributed by atoms with Gasteiger partial charge in [0.2, 0.25) is 5.54 Å². The van der Waals surface area contributed by atoms with Crippen LogP contribution < -0.4 is 5.32 Å². The number of ether oxygens (including phenoxy) is 1. The molecule has 0 aromatic heterocycles. The van der Waals surface area contributed by atoms with Gasteiger partial charge in [-0.1, -0.05) is 12.7 Å². The molecule has 0 bridgehead atoms. The van der Waals surface area contributed by atoms with E-state index in [4.69, 9.17) is 5.11 Å². The summed E-state index contributed by atoms with van der Waals surface area (Å²) in [5, 5.41) is 10.2. The Morgan fingerprint density at radius 3 is 2.47 bits per heavy atom. The van der Waals surface area contributed by atoms with Crippen LogP contribution in [0.4, 0.5) is 13.6 Å². The van der Waals surface area contributed by atoms with E-state index < -0.39 is 29.9 Å². The van der Waals surface area contributed by atoms with Crippen molar-refractivity contribution in [2.45, 2.75) is 17.9 Å². The minimum absolute atomic E-state index is 0.174. The lowest BCUT2D eigenvalue weighted by atomic mass is 10.3. The van der Waals surface area contributed by atoms with Gasteiger partial charge in [-0.2, -0.15) is 0 Å². The molecule has 1 amide bonds. The molecule has 0 aromatic carbocycles. The number of carbonyl (C=O) groups is 2. The Hall–Kier alpha value is -1.66. The van der Waals surface area contributed by atoms with E-state index in [1.807, 2.05) is 0 Å². The van der Waals surface area contributed by atoms with Gasteiger partial charge in [-0.05, 0) is 0 Å². The number of rotatable bonds is 4. The summed E-state index contributed by atoms with van der Waals surface area (Å²) >= 11 is 0. The van der Waals surface area contributed by atoms with Crippen LogP contribution in [0.15, 0.2) is 12.7 Å². The lowest BCUT2D eigenvalue weighted by Crippen LogP contribution is -2.47. The van der Waals surface area contributed by atoms with Crippen LogP contribution >= 0.6 is 0 Å². The maximum Gasteiger partial charge on any atom is 0.408 e. The summed E-state index contributed by atoms with van der Waals surface area (Å²) in [7, 11) is 0. The van der Waals surface area contributed by atoms with Crippen molar-refractivity contribution in [2.24, 2.45) is 0 Å². The highest BCUT2D eigenvalue weighted by atomic mass is 19.3. The molecule has 5 nitrogen and oxygen atoms in total. The third kappa shape index (κ3) is 1.90. The van der Waals surface area contributed by atoms with Crippen molar-refractivity contribution in [1.82, 2.24) is 5.32 Å². The van der Waals surface area contributed by atoms with Gasteiger partial charge in [-0.15, -0.1) is 0 Å². The Bertz CT molecular complexity index is 318. The van der Waals surface area contributed by atoms with Gasteiger partial charge in [0.1, 0.15) is 6.61 Å². The standard InChI is InChI=1S/C8H9F2NO4/c1-2-3-15-6(14)11-7(5(12)13)4-8(7,9)10/h2H,1,3-4H2,(H,11,14)(H,12,13). The number of alkyl carbamates (subject to hydrolysis) is 1. The average molecular weight is 221 g/mol. The fraction of sp³-hybridized carbons (Fsp3) is 0.500. The zero-order valence-electron chi connectivity index (χ0n) is 7.63. The molecule has 0 radical (unpaired) electrons. The maximum atomic E-state index is 12.7. The summed E-state index contributed by atoms with van der Waals surface area (Å²) in [6.45, 7) is 3.07. The zero-order chi connectivity index (χ0) is 11.7. The van der Waals surface area contributed by atoms with E-state index in [2.05, 4.69) is 11.3 Å². The second-order valence-electron chi connectivity index (χ2n) is 3.10. The number of carboxylic acid groups (broad SMARTS) is 1. The molecule has 1 atom stereocenters. The first-order valence-corrected chi connectivity index (χ1v) is 4.03. The zero-order valence-corrected chi connectivity index (χ0v) is 7.63. The first-order valence-electron chi connectivity index (χ1n) is 4.03. The van der Waals surface area contributed by atoms with Gasteiger partial charge in [-0.3, -0.25) is 5.32 Å². The molecule has 1 fully saturated rings. The summed E-state index contributed by atoms with van der Waals surface area (Å²) < 4.78 is 29.8. The second kappa shape index (κ2) is 3.48. The fourth-order valence-electron chi connectivity index (χ4n) is 1.05. The van der Waals surface area contributed by atoms with Crippen LogP contribution in [0.25, 0.3) is 0 Å². The summed E-state index contributed by atoms with van der Waals surface area (Å²) in [4.78, 5) is 21.4. The quantitative estimate of drug-likeness (QED) is 0.687. The third-order valence-corrected chi connectivity index (χ3v) is 2.00. The molecular weight excluding hydrogens is 212 g/mol. The van der Waals surface area contributed by atoms with Gasteiger partial charge in [0, 0.05) is 0 Å². The number of nitrogens with one attached hydrogen (secondary N) is 1. The van der Waals surface area contributed by atoms with Crippen LogP contribution in [0.1, 0.15) is 6.42 Å². The van der Waals surface area contributed by atoms with Crippen molar-refractivity contribution in [3.8, 4) is 0 Å². The number of carboxylic acids is 1. The minimum atomic E-state index is -3.42. The topological polar surface area (TPSA) is 75.6 Å². The third-order valence-electron chi connectivity index (χ3n) is 2.00. The van der Waals surface area contributed by atoms with Crippen LogP contribution in [0.2, 0.25) is 0 Å². The first kappa shape index (κ1) is 11.4. The molecule has 0 saturated heterocycles. The number of hydrogen-bond acceptors (Lipinski definition) is 3. The smallest absolute Gasteiger partial charge is 0.408 e. The molecule has 1 rings (SSSR count). The van der Waals surface area contributed by atoms with Gasteiger partial charge in [0.25, 0.3) is 5.92 Å². The normalized spacial score (nSPS) is 26.5. The Balaban J connectivity index is 2.60. The second-order valence-corrected chi connectivity index (χ2v) is 3.10. The Labute approximate surface area is 83.7 Å². The first-order chi connectivity index (χ1) is 6.85. The van der Waals surface area contributed by atoms with Gasteiger partial charge in [0.15, 0.2) is 0 Å². The highest BCUT2D eigenvalue weighted by molar-refractivity contribution is 5.89. The van der Waals surface area contributed by atoms with E-state index in [0.717, 1.165) is 0 Å². The highest BCUT2D eigenvalue weighted by Crippen LogP contribution is 2.52. The van der Waals surface area contributed by atoms with Crippen molar-refractivity contribution >= 4 is 12.1 Å². The van der Waals surface area contributed by atoms with E-state index in [9.17, 15) is 18.4 Å². The molecule has 2 N–H and O–H groups in total. The van der Waals surface area contributed by atoms with Crippen molar-refractivity contribution in [2.75, 3.05) is 6.61 Å². The van der Waals surface area contributed by atoms with Crippen molar-refractivity contribution in [1.29, 1.82) is 0 Å². The monoisotopic (exact) mass is 221 g/mol. The molecule has 0 aliphatic heterocycles. The molecule has 1 aliphatic carbocycles. The average Bonchev–Trinajstić information content (AvgIpc) is 2.66. The molecule has 7 heteroatoms. The Morgan fingerprint density at radius 2 is 2.13 bits per heavy atom. The summed E-state index contributed by atoms with van der Waals surface area (Å²) in [5.41, 5.74) is -2.51. The number of alkyl halides is 2. The largest absolute Gasteiger partial charge is 0.479 e. The lowest BCUT2D eigenvalue weighted by Gasteiger charge is -2.12. The van der Waals surface area contributed by atoms with Crippen LogP contribution in [-0.4, -0.2) is 35.2 Å². The molecule has 0 spiro atoms. The molecule has 0 aromatic rings. The van der Waals surface area contributed by atoms with Crippen molar-refractivity contribution in [3.63, 3.8) is 0 Å². The van der Waals surface area contributed by atoms with Crippen LogP contribution in [0.3, 0.4) is 0 Å². The number of halogens is 2. The van der Waals surface area contributed by atoms with Gasteiger partial charge in [-0.25, -0.2) is 18.4 Å². The van der Waals surface area contributed by atoms with Crippen molar-refractivity contribution in [3.05, 3.63) is 12.7 Å². The molecule has 1 unspecified atom stereocenters. The van der Waals surface area contributed by atoms with Gasteiger partial charge >= 0.3 is 12.1 Å². The summed E-state index contributed by atoms with van der Waals surface area (Å²) in [6, 6.07) is 0. The van der Waals surface area contributed by atoms with E-state index >= 15 is 0 Å². The van der Waals surface area contributed by atoms with Gasteiger partial charge in [0.05, 0.1) is 6.42 Å². The number of amides is 1. The van der Waals surface area contributed by atoms with Crippen molar-refractivity contribution < 1.29 is 28.2 Å². The lowest BCUT2D eigenvalue weighted by molar-refractivity contribution is -0.143. The molecule has 1 saturated carbocycles. The molecule has 84 valence electrons.